The fourth-order valence-electron chi connectivity index (χ4n) is 2.96. The Morgan fingerprint density at radius 1 is 0.455 bits per heavy atom. The van der Waals surface area contributed by atoms with Gasteiger partial charge >= 0.3 is 0 Å². The number of nitrogens with one attached hydrogen (secondary N) is 2. The maximum atomic E-state index is 3.52. The van der Waals surface area contributed by atoms with Crippen LogP contribution in [-0.2, 0) is 0 Å². The highest BCUT2D eigenvalue weighted by atomic mass is 14.9. The molecule has 0 aliphatic rings. The van der Waals surface area contributed by atoms with Crippen molar-refractivity contribution in [2.24, 2.45) is 0 Å². The van der Waals surface area contributed by atoms with Gasteiger partial charge in [0.15, 0.2) is 0 Å². The summed E-state index contributed by atoms with van der Waals surface area (Å²) in [5, 5.41) is 6.71. The van der Waals surface area contributed by atoms with Gasteiger partial charge in [0.1, 0.15) is 0 Å². The third kappa shape index (κ3) is 19.9. The summed E-state index contributed by atoms with van der Waals surface area (Å²) in [6.45, 7) is 5.80. The van der Waals surface area contributed by atoms with Gasteiger partial charge in [-0.1, -0.05) is 90.4 Å². The molecule has 0 aromatic carbocycles. The van der Waals surface area contributed by atoms with Gasteiger partial charge in [-0.2, -0.15) is 0 Å². The van der Waals surface area contributed by atoms with E-state index in [9.17, 15) is 0 Å². The highest BCUT2D eigenvalue weighted by molar-refractivity contribution is 4.52. The number of hydrogen-bond donors (Lipinski definition) is 2. The molecule has 0 spiro atoms. The van der Waals surface area contributed by atoms with Gasteiger partial charge in [0.05, 0.1) is 0 Å². The zero-order valence-electron chi connectivity index (χ0n) is 15.7. The van der Waals surface area contributed by atoms with E-state index in [4.69, 9.17) is 0 Å². The Hall–Kier alpha value is -0.0800. The van der Waals surface area contributed by atoms with E-state index in [1.54, 1.807) is 0 Å². The maximum Gasteiger partial charge on any atom is -0.00368 e. The van der Waals surface area contributed by atoms with E-state index in [1.807, 2.05) is 7.05 Å². The molecule has 2 nitrogen and oxygen atoms in total. The second kappa shape index (κ2) is 20.9. The molecule has 134 valence electrons. The number of unbranched alkanes of at least 4 members (excludes halogenated alkanes) is 13. The summed E-state index contributed by atoms with van der Waals surface area (Å²) in [4.78, 5) is 0. The minimum Gasteiger partial charge on any atom is -0.320 e. The molecular formula is C20H44N2. The van der Waals surface area contributed by atoms with Crippen LogP contribution in [0.2, 0.25) is 0 Å². The molecule has 0 bridgehead atoms. The highest BCUT2D eigenvalue weighted by Crippen LogP contribution is 2.12. The fraction of sp³-hybridized carbons (Fsp3) is 1.00. The Labute approximate surface area is 141 Å². The Morgan fingerprint density at radius 3 is 1.32 bits per heavy atom. The van der Waals surface area contributed by atoms with Crippen molar-refractivity contribution in [3.8, 4) is 0 Å². The van der Waals surface area contributed by atoms with Crippen molar-refractivity contribution in [3.05, 3.63) is 0 Å². The largest absolute Gasteiger partial charge is 0.320 e. The molecule has 0 amide bonds. The van der Waals surface area contributed by atoms with Gasteiger partial charge in [0, 0.05) is 0 Å². The minimum absolute atomic E-state index is 1.13. The fourth-order valence-corrected chi connectivity index (χ4v) is 2.96. The van der Waals surface area contributed by atoms with E-state index in [1.165, 1.54) is 109 Å². The van der Waals surface area contributed by atoms with Crippen molar-refractivity contribution in [1.29, 1.82) is 0 Å². The molecule has 2 heteroatoms. The summed E-state index contributed by atoms with van der Waals surface area (Å²) in [6, 6.07) is 0. The van der Waals surface area contributed by atoms with E-state index in [-0.39, 0.29) is 0 Å². The molecule has 0 rings (SSSR count). The summed E-state index contributed by atoms with van der Waals surface area (Å²) in [5.41, 5.74) is 0. The van der Waals surface area contributed by atoms with Crippen LogP contribution in [0.5, 0.6) is 0 Å². The predicted octanol–water partition coefficient (Wildman–Crippen LogP) is 5.67. The predicted molar refractivity (Wildman–Crippen MR) is 102 cm³/mol. The first-order chi connectivity index (χ1) is 10.9. The van der Waals surface area contributed by atoms with Crippen LogP contribution in [0.1, 0.15) is 103 Å². The summed E-state index contributed by atoms with van der Waals surface area (Å²) in [6.07, 6.45) is 21.5. The SMILES string of the molecule is CCCCCCCCCCCCCCCCNCCCNC. The normalized spacial score (nSPS) is 11.2. The van der Waals surface area contributed by atoms with Crippen LogP contribution < -0.4 is 10.6 Å². The van der Waals surface area contributed by atoms with Gasteiger partial charge in [-0.25, -0.2) is 0 Å². The van der Waals surface area contributed by atoms with E-state index >= 15 is 0 Å². The van der Waals surface area contributed by atoms with Crippen LogP contribution in [0.4, 0.5) is 0 Å². The minimum atomic E-state index is 1.13. The molecule has 0 aromatic heterocycles. The van der Waals surface area contributed by atoms with Crippen LogP contribution in [-0.4, -0.2) is 26.7 Å². The van der Waals surface area contributed by atoms with Crippen molar-refractivity contribution in [2.75, 3.05) is 26.7 Å². The second-order valence-corrected chi connectivity index (χ2v) is 6.80. The van der Waals surface area contributed by atoms with E-state index in [0.29, 0.717) is 0 Å². The lowest BCUT2D eigenvalue weighted by Gasteiger charge is -2.05. The van der Waals surface area contributed by atoms with E-state index in [0.717, 1.165) is 6.54 Å². The second-order valence-electron chi connectivity index (χ2n) is 6.80. The molecule has 0 heterocycles. The van der Waals surface area contributed by atoms with Crippen molar-refractivity contribution in [2.45, 2.75) is 103 Å². The molecule has 0 aliphatic heterocycles. The van der Waals surface area contributed by atoms with Crippen LogP contribution in [0.3, 0.4) is 0 Å². The Kier molecular flexibility index (Phi) is 20.8. The average molecular weight is 313 g/mol. The average Bonchev–Trinajstić information content (AvgIpc) is 2.54. The number of hydrogen-bond acceptors (Lipinski definition) is 2. The molecule has 0 fully saturated rings. The molecule has 2 N–H and O–H groups in total. The van der Waals surface area contributed by atoms with Gasteiger partial charge in [-0.05, 0) is 39.5 Å². The van der Waals surface area contributed by atoms with Crippen molar-refractivity contribution in [1.82, 2.24) is 10.6 Å². The first-order valence-electron chi connectivity index (χ1n) is 10.3. The number of rotatable bonds is 19. The van der Waals surface area contributed by atoms with Crippen molar-refractivity contribution in [3.63, 3.8) is 0 Å². The van der Waals surface area contributed by atoms with Crippen molar-refractivity contribution < 1.29 is 0 Å². The van der Waals surface area contributed by atoms with Crippen LogP contribution in [0.15, 0.2) is 0 Å². The highest BCUT2D eigenvalue weighted by Gasteiger charge is 1.94. The molecule has 0 aliphatic carbocycles. The molecule has 0 aromatic rings. The molecule has 0 saturated heterocycles. The molecule has 0 radical (unpaired) electrons. The lowest BCUT2D eigenvalue weighted by Crippen LogP contribution is -2.20. The third-order valence-corrected chi connectivity index (χ3v) is 4.49. The molecule has 0 atom stereocenters. The first kappa shape index (κ1) is 21.9. The maximum absolute atomic E-state index is 3.52. The van der Waals surface area contributed by atoms with Crippen molar-refractivity contribution >= 4 is 0 Å². The van der Waals surface area contributed by atoms with E-state index < -0.39 is 0 Å². The Bertz CT molecular complexity index is 163. The topological polar surface area (TPSA) is 24.1 Å². The van der Waals surface area contributed by atoms with Gasteiger partial charge in [-0.3, -0.25) is 0 Å². The molecule has 22 heavy (non-hydrogen) atoms. The van der Waals surface area contributed by atoms with Gasteiger partial charge in [0.25, 0.3) is 0 Å². The summed E-state index contributed by atoms with van der Waals surface area (Å²) in [5.74, 6) is 0. The lowest BCUT2D eigenvalue weighted by atomic mass is 10.0. The Morgan fingerprint density at radius 2 is 0.864 bits per heavy atom. The standard InChI is InChI=1S/C20H44N2/c1-3-4-5-6-7-8-9-10-11-12-13-14-15-16-19-22-20-17-18-21-2/h21-22H,3-20H2,1-2H3. The molecular weight excluding hydrogens is 268 g/mol. The summed E-state index contributed by atoms with van der Waals surface area (Å²) in [7, 11) is 2.02. The van der Waals surface area contributed by atoms with Gasteiger partial charge in [-0.15, -0.1) is 0 Å². The smallest absolute Gasteiger partial charge is 0.00368 e. The zero-order chi connectivity index (χ0) is 16.1. The monoisotopic (exact) mass is 312 g/mol. The summed E-state index contributed by atoms with van der Waals surface area (Å²) < 4.78 is 0. The van der Waals surface area contributed by atoms with E-state index in [2.05, 4.69) is 17.6 Å². The Balaban J connectivity index is 2.91. The van der Waals surface area contributed by atoms with Crippen LogP contribution >= 0.6 is 0 Å². The first-order valence-corrected chi connectivity index (χ1v) is 10.3. The molecule has 0 saturated carbocycles. The summed E-state index contributed by atoms with van der Waals surface area (Å²) >= 11 is 0. The van der Waals surface area contributed by atoms with Gasteiger partial charge < -0.3 is 10.6 Å². The van der Waals surface area contributed by atoms with Crippen LogP contribution in [0.25, 0.3) is 0 Å². The van der Waals surface area contributed by atoms with Crippen LogP contribution in [0, 0.1) is 0 Å². The quantitative estimate of drug-likeness (QED) is 0.300. The third-order valence-electron chi connectivity index (χ3n) is 4.49. The van der Waals surface area contributed by atoms with Gasteiger partial charge in [0.2, 0.25) is 0 Å². The lowest BCUT2D eigenvalue weighted by molar-refractivity contribution is 0.527. The zero-order valence-corrected chi connectivity index (χ0v) is 15.7. The molecule has 0 unspecified atom stereocenters.